The van der Waals surface area contributed by atoms with E-state index in [0.717, 1.165) is 17.3 Å². The summed E-state index contributed by atoms with van der Waals surface area (Å²) in [5.74, 6) is 0.708. The molecule has 1 atom stereocenters. The van der Waals surface area contributed by atoms with Crippen molar-refractivity contribution in [2.75, 3.05) is 6.61 Å². The summed E-state index contributed by atoms with van der Waals surface area (Å²) < 4.78 is 5.36. The number of hydrogen-bond acceptors (Lipinski definition) is 3. The second kappa shape index (κ2) is 4.89. The Morgan fingerprint density at radius 1 is 1.53 bits per heavy atom. The van der Waals surface area contributed by atoms with Gasteiger partial charge in [0.05, 0.1) is 5.52 Å². The van der Waals surface area contributed by atoms with Crippen LogP contribution in [0.2, 0.25) is 0 Å². The van der Waals surface area contributed by atoms with Crippen LogP contribution in [0.25, 0.3) is 10.9 Å². The molecule has 0 spiro atoms. The number of nitriles is 1. The molecule has 2 rings (SSSR count). The third-order valence-corrected chi connectivity index (χ3v) is 2.60. The van der Waals surface area contributed by atoms with Crippen LogP contribution in [-0.2, 0) is 6.42 Å². The highest BCUT2D eigenvalue weighted by atomic mass is 16.5. The number of H-pyrrole nitrogens is 1. The Bertz CT molecular complexity index is 551. The standard InChI is InChI=1S/C13H15N3O/c1-9(15)7-10-8-16-13-11(10)3-2-4-12(13)17-6-5-14/h2-4,8-9,16H,6-7,15H2,1H3. The van der Waals surface area contributed by atoms with E-state index in [4.69, 9.17) is 15.7 Å². The van der Waals surface area contributed by atoms with Gasteiger partial charge in [-0.15, -0.1) is 0 Å². The van der Waals surface area contributed by atoms with E-state index in [0.29, 0.717) is 5.75 Å². The second-order valence-electron chi connectivity index (χ2n) is 4.12. The molecular formula is C13H15N3O. The first-order valence-electron chi connectivity index (χ1n) is 5.56. The van der Waals surface area contributed by atoms with Crippen LogP contribution >= 0.6 is 0 Å². The number of nitrogens with two attached hydrogens (primary N) is 1. The molecule has 2 aromatic rings. The van der Waals surface area contributed by atoms with Gasteiger partial charge in [0, 0.05) is 17.6 Å². The summed E-state index contributed by atoms with van der Waals surface area (Å²) in [5, 5.41) is 9.63. The van der Waals surface area contributed by atoms with Crippen LogP contribution in [0, 0.1) is 11.3 Å². The Hall–Kier alpha value is -1.99. The highest BCUT2D eigenvalue weighted by molar-refractivity contribution is 5.88. The van der Waals surface area contributed by atoms with Crippen molar-refractivity contribution >= 4 is 10.9 Å². The molecular weight excluding hydrogens is 214 g/mol. The van der Waals surface area contributed by atoms with E-state index in [-0.39, 0.29) is 12.6 Å². The van der Waals surface area contributed by atoms with Crippen LogP contribution in [0.1, 0.15) is 12.5 Å². The molecule has 17 heavy (non-hydrogen) atoms. The molecule has 0 aliphatic carbocycles. The van der Waals surface area contributed by atoms with E-state index < -0.39 is 0 Å². The van der Waals surface area contributed by atoms with Gasteiger partial charge in [-0.1, -0.05) is 12.1 Å². The number of fused-ring (bicyclic) bond motifs is 1. The third-order valence-electron chi connectivity index (χ3n) is 2.60. The number of ether oxygens (including phenoxy) is 1. The Morgan fingerprint density at radius 3 is 3.06 bits per heavy atom. The lowest BCUT2D eigenvalue weighted by atomic mass is 10.1. The summed E-state index contributed by atoms with van der Waals surface area (Å²) in [5.41, 5.74) is 7.91. The molecule has 0 amide bonds. The zero-order valence-electron chi connectivity index (χ0n) is 9.73. The zero-order chi connectivity index (χ0) is 12.3. The first-order valence-corrected chi connectivity index (χ1v) is 5.56. The lowest BCUT2D eigenvalue weighted by Crippen LogP contribution is -2.17. The van der Waals surface area contributed by atoms with Gasteiger partial charge in [0.2, 0.25) is 0 Å². The van der Waals surface area contributed by atoms with Gasteiger partial charge in [-0.3, -0.25) is 0 Å². The van der Waals surface area contributed by atoms with Crippen LogP contribution in [0.5, 0.6) is 5.75 Å². The Morgan fingerprint density at radius 2 is 2.35 bits per heavy atom. The van der Waals surface area contributed by atoms with Crippen molar-refractivity contribution in [2.24, 2.45) is 5.73 Å². The van der Waals surface area contributed by atoms with Gasteiger partial charge in [0.15, 0.2) is 6.61 Å². The predicted octanol–water partition coefficient (Wildman–Crippen LogP) is 1.96. The maximum absolute atomic E-state index is 8.52. The van der Waals surface area contributed by atoms with Gasteiger partial charge in [0.1, 0.15) is 11.8 Å². The van der Waals surface area contributed by atoms with Crippen molar-refractivity contribution in [1.29, 1.82) is 5.26 Å². The van der Waals surface area contributed by atoms with Gasteiger partial charge >= 0.3 is 0 Å². The monoisotopic (exact) mass is 229 g/mol. The normalized spacial score (nSPS) is 12.3. The molecule has 1 aromatic heterocycles. The molecule has 0 bridgehead atoms. The molecule has 1 aromatic carbocycles. The van der Waals surface area contributed by atoms with Crippen molar-refractivity contribution in [3.05, 3.63) is 30.0 Å². The minimum absolute atomic E-state index is 0.0563. The van der Waals surface area contributed by atoms with E-state index in [9.17, 15) is 0 Å². The number of para-hydroxylation sites is 1. The van der Waals surface area contributed by atoms with Gasteiger partial charge in [-0.2, -0.15) is 5.26 Å². The second-order valence-corrected chi connectivity index (χ2v) is 4.12. The first kappa shape index (κ1) is 11.5. The smallest absolute Gasteiger partial charge is 0.174 e. The van der Waals surface area contributed by atoms with Crippen LogP contribution in [-0.4, -0.2) is 17.6 Å². The fraction of sp³-hybridized carbons (Fsp3) is 0.308. The predicted molar refractivity (Wildman–Crippen MR) is 66.8 cm³/mol. The van der Waals surface area contributed by atoms with E-state index in [1.54, 1.807) is 0 Å². The topological polar surface area (TPSA) is 74.8 Å². The number of aromatic amines is 1. The number of hydrogen-bond donors (Lipinski definition) is 2. The number of nitrogens with one attached hydrogen (secondary N) is 1. The van der Waals surface area contributed by atoms with E-state index in [1.165, 1.54) is 5.56 Å². The first-order chi connectivity index (χ1) is 8.22. The number of nitrogens with zero attached hydrogens (tertiary/aromatic N) is 1. The molecule has 0 aliphatic rings. The Balaban J connectivity index is 2.39. The Labute approximate surface area is 100.0 Å². The summed E-state index contributed by atoms with van der Waals surface area (Å²) in [6, 6.07) is 7.89. The van der Waals surface area contributed by atoms with Crippen molar-refractivity contribution in [3.63, 3.8) is 0 Å². The number of rotatable bonds is 4. The lowest BCUT2D eigenvalue weighted by molar-refractivity contribution is 0.372. The minimum atomic E-state index is 0.0563. The van der Waals surface area contributed by atoms with Crippen molar-refractivity contribution < 1.29 is 4.74 Å². The average molecular weight is 229 g/mol. The molecule has 0 radical (unpaired) electrons. The maximum Gasteiger partial charge on any atom is 0.174 e. The highest BCUT2D eigenvalue weighted by Crippen LogP contribution is 2.27. The van der Waals surface area contributed by atoms with Gasteiger partial charge in [0.25, 0.3) is 0 Å². The number of aromatic nitrogens is 1. The molecule has 88 valence electrons. The minimum Gasteiger partial charge on any atom is -0.477 e. The molecule has 0 saturated carbocycles. The molecule has 1 unspecified atom stereocenters. The number of benzene rings is 1. The summed E-state index contributed by atoms with van der Waals surface area (Å²) in [6.45, 7) is 2.04. The summed E-state index contributed by atoms with van der Waals surface area (Å²) in [7, 11) is 0. The highest BCUT2D eigenvalue weighted by Gasteiger charge is 2.09. The molecule has 4 nitrogen and oxygen atoms in total. The van der Waals surface area contributed by atoms with E-state index in [2.05, 4.69) is 4.98 Å². The summed E-state index contributed by atoms with van der Waals surface area (Å²) in [4.78, 5) is 3.18. The maximum atomic E-state index is 8.52. The largest absolute Gasteiger partial charge is 0.477 e. The fourth-order valence-corrected chi connectivity index (χ4v) is 1.93. The Kier molecular flexibility index (Phi) is 3.31. The SMILES string of the molecule is CC(N)Cc1c[nH]c2c(OCC#N)cccc12. The zero-order valence-corrected chi connectivity index (χ0v) is 9.73. The van der Waals surface area contributed by atoms with Gasteiger partial charge in [-0.05, 0) is 25.0 Å². The average Bonchev–Trinajstić information content (AvgIpc) is 2.70. The van der Waals surface area contributed by atoms with Crippen molar-refractivity contribution in [2.45, 2.75) is 19.4 Å². The van der Waals surface area contributed by atoms with E-state index >= 15 is 0 Å². The third kappa shape index (κ3) is 2.40. The van der Waals surface area contributed by atoms with Crippen LogP contribution < -0.4 is 10.5 Å². The summed E-state index contributed by atoms with van der Waals surface area (Å²) in [6.07, 6.45) is 2.77. The van der Waals surface area contributed by atoms with Crippen LogP contribution in [0.4, 0.5) is 0 Å². The fourth-order valence-electron chi connectivity index (χ4n) is 1.93. The van der Waals surface area contributed by atoms with Crippen molar-refractivity contribution in [3.8, 4) is 11.8 Å². The van der Waals surface area contributed by atoms with Crippen LogP contribution in [0.15, 0.2) is 24.4 Å². The molecule has 3 N–H and O–H groups in total. The quantitative estimate of drug-likeness (QED) is 0.841. The molecule has 1 heterocycles. The van der Waals surface area contributed by atoms with Gasteiger partial charge < -0.3 is 15.5 Å². The molecule has 0 fully saturated rings. The van der Waals surface area contributed by atoms with Crippen LogP contribution in [0.3, 0.4) is 0 Å². The van der Waals surface area contributed by atoms with E-state index in [1.807, 2.05) is 37.4 Å². The molecule has 0 saturated heterocycles. The lowest BCUT2D eigenvalue weighted by Gasteiger charge is -2.05. The molecule has 4 heteroatoms. The van der Waals surface area contributed by atoms with Gasteiger partial charge in [-0.25, -0.2) is 0 Å². The molecule has 0 aliphatic heterocycles. The summed E-state index contributed by atoms with van der Waals surface area (Å²) >= 11 is 0. The van der Waals surface area contributed by atoms with Crippen molar-refractivity contribution in [1.82, 2.24) is 4.98 Å².